The van der Waals surface area contributed by atoms with Gasteiger partial charge in [0.05, 0.1) is 28.4 Å². The summed E-state index contributed by atoms with van der Waals surface area (Å²) in [7, 11) is -2.50. The first kappa shape index (κ1) is 16.0. The van der Waals surface area contributed by atoms with Gasteiger partial charge in [0, 0.05) is 6.20 Å². The zero-order valence-corrected chi connectivity index (χ0v) is 14.5. The second-order valence-corrected chi connectivity index (χ2v) is 7.18. The van der Waals surface area contributed by atoms with Crippen LogP contribution in [0.25, 0.3) is 0 Å². The quantitative estimate of drug-likeness (QED) is 0.760. The van der Waals surface area contributed by atoms with Gasteiger partial charge in [-0.3, -0.25) is 9.71 Å². The molecule has 0 atom stereocenters. The highest BCUT2D eigenvalue weighted by atomic mass is 79.9. The first-order valence-corrected chi connectivity index (χ1v) is 8.47. The normalized spacial score (nSPS) is 11.2. The number of halogens is 2. The molecule has 0 fully saturated rings. The molecule has 0 unspecified atom stereocenters. The van der Waals surface area contributed by atoms with E-state index in [4.69, 9.17) is 4.74 Å². The topological polar surface area (TPSA) is 101 Å². The lowest BCUT2D eigenvalue weighted by Gasteiger charge is -2.10. The zero-order valence-electron chi connectivity index (χ0n) is 10.5. The van der Waals surface area contributed by atoms with E-state index in [1.807, 2.05) is 0 Å². The van der Waals surface area contributed by atoms with Crippen molar-refractivity contribution in [2.24, 2.45) is 0 Å². The van der Waals surface area contributed by atoms with Crippen molar-refractivity contribution in [2.45, 2.75) is 4.90 Å². The second kappa shape index (κ2) is 6.16. The molecular weight excluding hydrogens is 430 g/mol. The maximum absolute atomic E-state index is 12.2. The van der Waals surface area contributed by atoms with Gasteiger partial charge >= 0.3 is 0 Å². The van der Waals surface area contributed by atoms with Gasteiger partial charge in [-0.15, -0.1) is 0 Å². The molecule has 0 bridgehead atoms. The Kier molecular flexibility index (Phi) is 4.69. The number of anilines is 1. The van der Waals surface area contributed by atoms with Crippen LogP contribution in [-0.4, -0.2) is 30.6 Å². The summed E-state index contributed by atoms with van der Waals surface area (Å²) in [5, 5.41) is 9.79. The number of nitrogens with zero attached hydrogens (tertiary/aromatic N) is 2. The highest BCUT2D eigenvalue weighted by Gasteiger charge is 2.19. The van der Waals surface area contributed by atoms with Gasteiger partial charge in [0.1, 0.15) is 10.6 Å². The smallest absolute Gasteiger partial charge is 0.263 e. The summed E-state index contributed by atoms with van der Waals surface area (Å²) in [4.78, 5) is 7.57. The van der Waals surface area contributed by atoms with E-state index in [9.17, 15) is 13.5 Å². The van der Waals surface area contributed by atoms with Crippen molar-refractivity contribution < 1.29 is 18.3 Å². The van der Waals surface area contributed by atoms with Gasteiger partial charge in [0.2, 0.25) is 5.88 Å². The molecule has 7 nitrogen and oxygen atoms in total. The molecular formula is C11H9Br2N3O4S. The molecule has 2 aromatic heterocycles. The Balaban J connectivity index is 2.39. The van der Waals surface area contributed by atoms with Crippen molar-refractivity contribution in [3.05, 3.63) is 33.6 Å². The summed E-state index contributed by atoms with van der Waals surface area (Å²) >= 11 is 6.22. The molecule has 0 aliphatic heterocycles. The van der Waals surface area contributed by atoms with E-state index >= 15 is 0 Å². The van der Waals surface area contributed by atoms with Crippen molar-refractivity contribution in [2.75, 3.05) is 11.8 Å². The number of sulfonamides is 1. The number of pyridine rings is 2. The fraction of sp³-hybridized carbons (Fsp3) is 0.0909. The van der Waals surface area contributed by atoms with E-state index < -0.39 is 10.0 Å². The Morgan fingerprint density at radius 1 is 1.24 bits per heavy atom. The van der Waals surface area contributed by atoms with Crippen molar-refractivity contribution >= 4 is 47.6 Å². The lowest BCUT2D eigenvalue weighted by atomic mass is 10.4. The number of methoxy groups -OCH3 is 1. The third-order valence-corrected chi connectivity index (χ3v) is 4.88. The van der Waals surface area contributed by atoms with Crippen LogP contribution in [0.2, 0.25) is 0 Å². The number of nitrogens with one attached hydrogen (secondary N) is 1. The zero-order chi connectivity index (χ0) is 15.6. The van der Waals surface area contributed by atoms with E-state index in [2.05, 4.69) is 46.5 Å². The summed E-state index contributed by atoms with van der Waals surface area (Å²) in [5.41, 5.74) is -0.0451. The van der Waals surface area contributed by atoms with Crippen LogP contribution < -0.4 is 9.46 Å². The van der Waals surface area contributed by atoms with Gasteiger partial charge in [-0.25, -0.2) is 13.4 Å². The van der Waals surface area contributed by atoms with Crippen molar-refractivity contribution in [3.63, 3.8) is 0 Å². The van der Waals surface area contributed by atoms with Crippen LogP contribution in [0.4, 0.5) is 5.69 Å². The molecule has 21 heavy (non-hydrogen) atoms. The molecule has 0 aliphatic carbocycles. The molecule has 2 heterocycles. The summed E-state index contributed by atoms with van der Waals surface area (Å²) in [5.74, 6) is 0.00929. The van der Waals surface area contributed by atoms with Crippen LogP contribution in [0.15, 0.2) is 38.5 Å². The molecule has 0 saturated heterocycles. The van der Waals surface area contributed by atoms with Gasteiger partial charge < -0.3 is 9.84 Å². The van der Waals surface area contributed by atoms with Crippen LogP contribution in [0.1, 0.15) is 0 Å². The van der Waals surface area contributed by atoms with E-state index in [1.54, 1.807) is 0 Å². The molecule has 2 rings (SSSR count). The van der Waals surface area contributed by atoms with Gasteiger partial charge in [0.15, 0.2) is 5.75 Å². The SMILES string of the molecule is COc1ncc(S(=O)(=O)Nc2cncc(Br)c2O)cc1Br. The Bertz CT molecular complexity index is 783. The van der Waals surface area contributed by atoms with Crippen LogP contribution in [0.5, 0.6) is 11.6 Å². The van der Waals surface area contributed by atoms with Crippen LogP contribution in [0, 0.1) is 0 Å². The summed E-state index contributed by atoms with van der Waals surface area (Å²) in [6, 6.07) is 1.34. The number of rotatable bonds is 4. The minimum absolute atomic E-state index is 0.0451. The van der Waals surface area contributed by atoms with E-state index in [0.717, 1.165) is 6.20 Å². The van der Waals surface area contributed by atoms with Gasteiger partial charge in [-0.1, -0.05) is 0 Å². The second-order valence-electron chi connectivity index (χ2n) is 3.79. The lowest BCUT2D eigenvalue weighted by molar-refractivity contribution is 0.394. The predicted molar refractivity (Wildman–Crippen MR) is 82.9 cm³/mol. The van der Waals surface area contributed by atoms with Gasteiger partial charge in [-0.05, 0) is 37.9 Å². The number of hydrogen-bond acceptors (Lipinski definition) is 6. The molecule has 112 valence electrons. The summed E-state index contributed by atoms with van der Waals surface area (Å²) in [6.07, 6.45) is 3.69. The van der Waals surface area contributed by atoms with Crippen molar-refractivity contribution in [1.29, 1.82) is 0 Å². The number of aromatic nitrogens is 2. The molecule has 0 amide bonds. The van der Waals surface area contributed by atoms with Gasteiger partial charge in [-0.2, -0.15) is 0 Å². The van der Waals surface area contributed by atoms with E-state index in [-0.39, 0.29) is 26.7 Å². The standard InChI is InChI=1S/C11H9Br2N3O4S/c1-20-11-7(12)2-6(3-15-11)21(18,19)16-9-5-14-4-8(13)10(9)17/h2-5,16H,1H3,(H,14,17). The number of hydrogen-bond donors (Lipinski definition) is 2. The maximum atomic E-state index is 12.2. The average Bonchev–Trinajstić information content (AvgIpc) is 2.43. The molecule has 0 aromatic carbocycles. The summed E-state index contributed by atoms with van der Waals surface area (Å²) < 4.78 is 32.3. The molecule has 2 aromatic rings. The Morgan fingerprint density at radius 3 is 2.57 bits per heavy atom. The average molecular weight is 439 g/mol. The predicted octanol–water partition coefficient (Wildman–Crippen LogP) is 2.52. The highest BCUT2D eigenvalue weighted by Crippen LogP contribution is 2.32. The van der Waals surface area contributed by atoms with E-state index in [0.29, 0.717) is 4.47 Å². The Labute approximate surface area is 137 Å². The molecule has 0 aliphatic rings. The molecule has 0 spiro atoms. The lowest BCUT2D eigenvalue weighted by Crippen LogP contribution is -2.14. The third kappa shape index (κ3) is 3.44. The first-order valence-electron chi connectivity index (χ1n) is 5.40. The largest absolute Gasteiger partial charge is 0.505 e. The Hall–Kier alpha value is -1.39. The van der Waals surface area contributed by atoms with Crippen LogP contribution >= 0.6 is 31.9 Å². The van der Waals surface area contributed by atoms with Crippen molar-refractivity contribution in [1.82, 2.24) is 9.97 Å². The van der Waals surface area contributed by atoms with Crippen molar-refractivity contribution in [3.8, 4) is 11.6 Å². The molecule has 10 heteroatoms. The Morgan fingerprint density at radius 2 is 1.95 bits per heavy atom. The number of aromatic hydroxyl groups is 1. The van der Waals surface area contributed by atoms with E-state index in [1.165, 1.54) is 25.6 Å². The molecule has 0 radical (unpaired) electrons. The molecule has 2 N–H and O–H groups in total. The molecule has 0 saturated carbocycles. The maximum Gasteiger partial charge on any atom is 0.263 e. The monoisotopic (exact) mass is 437 g/mol. The van der Waals surface area contributed by atoms with Crippen LogP contribution in [-0.2, 0) is 10.0 Å². The van der Waals surface area contributed by atoms with Crippen LogP contribution in [0.3, 0.4) is 0 Å². The first-order chi connectivity index (χ1) is 9.85. The third-order valence-electron chi connectivity index (χ3n) is 2.40. The fourth-order valence-corrected chi connectivity index (χ4v) is 3.43. The minimum Gasteiger partial charge on any atom is -0.505 e. The minimum atomic E-state index is -3.92. The summed E-state index contributed by atoms with van der Waals surface area (Å²) in [6.45, 7) is 0. The highest BCUT2D eigenvalue weighted by molar-refractivity contribution is 9.10. The van der Waals surface area contributed by atoms with Gasteiger partial charge in [0.25, 0.3) is 10.0 Å². The fourth-order valence-electron chi connectivity index (χ4n) is 1.41. The number of ether oxygens (including phenoxy) is 1.